The van der Waals surface area contributed by atoms with Crippen LogP contribution in [0.1, 0.15) is 47.2 Å². The van der Waals surface area contributed by atoms with Crippen LogP contribution < -0.4 is 0 Å². The fourth-order valence-corrected chi connectivity index (χ4v) is 5.20. The van der Waals surface area contributed by atoms with Crippen LogP contribution in [-0.2, 0) is 5.41 Å². The van der Waals surface area contributed by atoms with Crippen LogP contribution in [0.5, 0.6) is 0 Å². The minimum Gasteiger partial charge on any atom is -0.391 e. The SMILES string of the molecule is O=C(c1cccc2c(C3(c4ccc(I)cc4)CCC3)c[nH]c12)N1CC[C@@H](O)C1. The van der Waals surface area contributed by atoms with E-state index < -0.39 is 6.10 Å². The zero-order chi connectivity index (χ0) is 19.3. The van der Waals surface area contributed by atoms with Gasteiger partial charge in [-0.1, -0.05) is 30.7 Å². The van der Waals surface area contributed by atoms with Crippen LogP contribution in [0, 0.1) is 3.57 Å². The largest absolute Gasteiger partial charge is 0.391 e. The van der Waals surface area contributed by atoms with Crippen LogP contribution in [0.2, 0.25) is 0 Å². The highest BCUT2D eigenvalue weighted by Crippen LogP contribution is 2.51. The van der Waals surface area contributed by atoms with Gasteiger partial charge in [0.05, 0.1) is 17.2 Å². The van der Waals surface area contributed by atoms with E-state index in [0.717, 1.165) is 23.7 Å². The molecule has 5 rings (SSSR count). The number of rotatable bonds is 3. The standard InChI is InChI=1S/C23H23IN2O2/c24-16-7-5-15(6-8-16)23(10-2-11-23)20-13-25-21-18(20)3-1-4-19(21)22(28)26-12-9-17(27)14-26/h1,3-8,13,17,25,27H,2,9-12,14H2/t17-/m1/s1. The lowest BCUT2D eigenvalue weighted by atomic mass is 9.60. The third kappa shape index (κ3) is 2.78. The Morgan fingerprint density at radius 2 is 1.96 bits per heavy atom. The van der Waals surface area contributed by atoms with Crippen LogP contribution in [-0.4, -0.2) is 40.1 Å². The number of carbonyl (C=O) groups is 1. The van der Waals surface area contributed by atoms with Crippen LogP contribution in [0.3, 0.4) is 0 Å². The van der Waals surface area contributed by atoms with Gasteiger partial charge in [0.1, 0.15) is 0 Å². The molecule has 5 heteroatoms. The van der Waals surface area contributed by atoms with Crippen LogP contribution in [0.25, 0.3) is 10.9 Å². The van der Waals surface area contributed by atoms with E-state index in [4.69, 9.17) is 0 Å². The number of nitrogens with one attached hydrogen (secondary N) is 1. The highest BCUT2D eigenvalue weighted by atomic mass is 127. The summed E-state index contributed by atoms with van der Waals surface area (Å²) in [6.07, 6.45) is 5.86. The fourth-order valence-electron chi connectivity index (χ4n) is 4.84. The monoisotopic (exact) mass is 486 g/mol. The second kappa shape index (κ2) is 6.88. The van der Waals surface area contributed by atoms with E-state index >= 15 is 0 Å². The highest BCUT2D eigenvalue weighted by molar-refractivity contribution is 14.1. The Bertz CT molecular complexity index is 1040. The van der Waals surface area contributed by atoms with Gasteiger partial charge in [0, 0.05) is 33.7 Å². The van der Waals surface area contributed by atoms with Gasteiger partial charge in [-0.25, -0.2) is 0 Å². The first-order valence-corrected chi connectivity index (χ1v) is 11.0. The second-order valence-corrected chi connectivity index (χ2v) is 9.31. The van der Waals surface area contributed by atoms with Crippen molar-refractivity contribution < 1.29 is 9.90 Å². The molecule has 1 amide bonds. The number of fused-ring (bicyclic) bond motifs is 1. The first-order valence-electron chi connectivity index (χ1n) is 9.92. The van der Waals surface area contributed by atoms with Crippen molar-refractivity contribution in [1.29, 1.82) is 0 Å². The first-order chi connectivity index (χ1) is 13.6. The Morgan fingerprint density at radius 1 is 1.18 bits per heavy atom. The number of carbonyl (C=O) groups excluding carboxylic acids is 1. The molecule has 0 radical (unpaired) electrons. The number of hydrogen-bond donors (Lipinski definition) is 2. The number of aromatic amines is 1. The van der Waals surface area contributed by atoms with Gasteiger partial charge >= 0.3 is 0 Å². The molecule has 1 aliphatic heterocycles. The molecule has 2 aromatic carbocycles. The third-order valence-corrected chi connectivity index (χ3v) is 7.24. The number of likely N-dealkylation sites (tertiary alicyclic amines) is 1. The second-order valence-electron chi connectivity index (χ2n) is 8.07. The predicted octanol–water partition coefficient (Wildman–Crippen LogP) is 4.45. The fraction of sp³-hybridized carbons (Fsp3) is 0.348. The average Bonchev–Trinajstić information content (AvgIpc) is 3.29. The smallest absolute Gasteiger partial charge is 0.256 e. The van der Waals surface area contributed by atoms with E-state index in [1.165, 1.54) is 21.1 Å². The third-order valence-electron chi connectivity index (χ3n) is 6.52. The minimum absolute atomic E-state index is 0.00692. The summed E-state index contributed by atoms with van der Waals surface area (Å²) < 4.78 is 1.25. The molecule has 0 unspecified atom stereocenters. The van der Waals surface area contributed by atoms with Gasteiger partial charge in [-0.2, -0.15) is 0 Å². The summed E-state index contributed by atoms with van der Waals surface area (Å²) >= 11 is 2.35. The molecule has 144 valence electrons. The maximum atomic E-state index is 13.1. The molecular formula is C23H23IN2O2. The van der Waals surface area contributed by atoms with Crippen molar-refractivity contribution in [2.24, 2.45) is 0 Å². The molecule has 1 aliphatic carbocycles. The van der Waals surface area contributed by atoms with Crippen molar-refractivity contribution in [2.75, 3.05) is 13.1 Å². The van der Waals surface area contributed by atoms with Crippen LogP contribution >= 0.6 is 22.6 Å². The minimum atomic E-state index is -0.401. The highest BCUT2D eigenvalue weighted by Gasteiger charge is 2.42. The molecule has 0 spiro atoms. The van der Waals surface area contributed by atoms with E-state index in [1.807, 2.05) is 12.1 Å². The Kier molecular flexibility index (Phi) is 4.47. The molecule has 2 N–H and O–H groups in total. The molecule has 1 saturated heterocycles. The number of aliphatic hydroxyl groups is 1. The number of aromatic nitrogens is 1. The average molecular weight is 486 g/mol. The number of aliphatic hydroxyl groups excluding tert-OH is 1. The predicted molar refractivity (Wildman–Crippen MR) is 119 cm³/mol. The number of H-pyrrole nitrogens is 1. The lowest BCUT2D eigenvalue weighted by Crippen LogP contribution is -2.35. The van der Waals surface area contributed by atoms with E-state index in [0.29, 0.717) is 25.1 Å². The quantitative estimate of drug-likeness (QED) is 0.538. The molecule has 4 nitrogen and oxygen atoms in total. The molecule has 2 fully saturated rings. The number of β-amino-alcohol motifs (C(OH)–C–C–N with tert-alkyl or cyclic N) is 1. The molecule has 1 atom stereocenters. The summed E-state index contributed by atoms with van der Waals surface area (Å²) in [7, 11) is 0. The summed E-state index contributed by atoms with van der Waals surface area (Å²) in [5.41, 5.74) is 4.31. The normalized spacial score (nSPS) is 21.1. The first kappa shape index (κ1) is 18.2. The number of benzene rings is 2. The van der Waals surface area contributed by atoms with Gasteiger partial charge in [0.2, 0.25) is 0 Å². The number of para-hydroxylation sites is 1. The van der Waals surface area contributed by atoms with Crippen molar-refractivity contribution in [3.63, 3.8) is 0 Å². The molecule has 1 aromatic heterocycles. The zero-order valence-corrected chi connectivity index (χ0v) is 17.8. The maximum Gasteiger partial charge on any atom is 0.256 e. The Hall–Kier alpha value is -1.86. The Balaban J connectivity index is 1.58. The van der Waals surface area contributed by atoms with Crippen molar-refractivity contribution in [3.05, 3.63) is 68.9 Å². The maximum absolute atomic E-state index is 13.1. The van der Waals surface area contributed by atoms with E-state index in [9.17, 15) is 9.90 Å². The van der Waals surface area contributed by atoms with Crippen molar-refractivity contribution in [3.8, 4) is 0 Å². The summed E-state index contributed by atoms with van der Waals surface area (Å²) in [6.45, 7) is 1.05. The van der Waals surface area contributed by atoms with Crippen molar-refractivity contribution in [1.82, 2.24) is 9.88 Å². The van der Waals surface area contributed by atoms with Gasteiger partial charge in [0.25, 0.3) is 5.91 Å². The summed E-state index contributed by atoms with van der Waals surface area (Å²) in [6, 6.07) is 14.9. The number of hydrogen-bond acceptors (Lipinski definition) is 2. The van der Waals surface area contributed by atoms with Gasteiger partial charge < -0.3 is 15.0 Å². The Labute approximate surface area is 178 Å². The topological polar surface area (TPSA) is 56.3 Å². The molecule has 28 heavy (non-hydrogen) atoms. The summed E-state index contributed by atoms with van der Waals surface area (Å²) in [4.78, 5) is 18.2. The van der Waals surface area contributed by atoms with E-state index in [-0.39, 0.29) is 11.3 Å². The lowest BCUT2D eigenvalue weighted by molar-refractivity contribution is 0.0766. The summed E-state index contributed by atoms with van der Waals surface area (Å²) in [5.74, 6) is 0.00692. The van der Waals surface area contributed by atoms with Gasteiger partial charge in [-0.05, 0) is 71.2 Å². The molecule has 2 heterocycles. The van der Waals surface area contributed by atoms with Crippen LogP contribution in [0.15, 0.2) is 48.7 Å². The van der Waals surface area contributed by atoms with Crippen molar-refractivity contribution in [2.45, 2.75) is 37.2 Å². The van der Waals surface area contributed by atoms with Gasteiger partial charge in [-0.3, -0.25) is 4.79 Å². The number of amides is 1. The van der Waals surface area contributed by atoms with Gasteiger partial charge in [0.15, 0.2) is 0 Å². The van der Waals surface area contributed by atoms with Crippen LogP contribution in [0.4, 0.5) is 0 Å². The summed E-state index contributed by atoms with van der Waals surface area (Å²) in [5, 5.41) is 10.9. The molecule has 0 bridgehead atoms. The lowest BCUT2D eigenvalue weighted by Gasteiger charge is -2.42. The van der Waals surface area contributed by atoms with Crippen molar-refractivity contribution >= 4 is 39.4 Å². The molecule has 2 aliphatic rings. The van der Waals surface area contributed by atoms with E-state index in [2.05, 4.69) is 64.1 Å². The molecule has 3 aromatic rings. The van der Waals surface area contributed by atoms with Gasteiger partial charge in [-0.15, -0.1) is 0 Å². The molecular weight excluding hydrogens is 463 g/mol. The Morgan fingerprint density at radius 3 is 2.61 bits per heavy atom. The van der Waals surface area contributed by atoms with E-state index in [1.54, 1.807) is 4.90 Å². The zero-order valence-electron chi connectivity index (χ0n) is 15.6. The molecule has 1 saturated carbocycles. The number of nitrogens with zero attached hydrogens (tertiary/aromatic N) is 1. The number of halogens is 1.